The van der Waals surface area contributed by atoms with Gasteiger partial charge in [0.2, 0.25) is 0 Å². The molecule has 0 saturated carbocycles. The number of hydrogen-bond acceptors (Lipinski definition) is 11. The van der Waals surface area contributed by atoms with Gasteiger partial charge in [-0.15, -0.1) is 0 Å². The van der Waals surface area contributed by atoms with Crippen LogP contribution in [0.5, 0.6) is 17.6 Å². The standard InChI is InChI=1S/C28H18O11/c1-7-4-10(30)14-16-12(7)17-18-22(32)13-8(2)5-11(31)15-20(13)28(6-37-25(15)34,24(18)38-9(3)29)21(17)23(33)19(16)27(36)39-26(14)35/h4-5,18,24,31,35-36H,6H2,1-3H3/t18-,24-,28-/m0/s1. The van der Waals surface area contributed by atoms with E-state index >= 15 is 0 Å². The lowest BCUT2D eigenvalue weighted by molar-refractivity contribution is -0.150. The van der Waals surface area contributed by atoms with Crippen molar-refractivity contribution in [2.24, 2.45) is 0 Å². The Hall–Kier alpha value is -4.93. The zero-order valence-corrected chi connectivity index (χ0v) is 20.6. The van der Waals surface area contributed by atoms with E-state index in [2.05, 4.69) is 0 Å². The zero-order valence-electron chi connectivity index (χ0n) is 20.6. The average Bonchev–Trinajstić information content (AvgIpc) is 3.04. The molecule has 39 heavy (non-hydrogen) atoms. The van der Waals surface area contributed by atoms with Crippen LogP contribution in [0.2, 0.25) is 0 Å². The molecule has 3 atom stereocenters. The lowest BCUT2D eigenvalue weighted by atomic mass is 9.63. The van der Waals surface area contributed by atoms with E-state index in [4.69, 9.17) is 13.9 Å². The first-order valence-electron chi connectivity index (χ1n) is 12.0. The molecule has 1 spiro atoms. The van der Waals surface area contributed by atoms with Crippen LogP contribution in [0.15, 0.2) is 26.1 Å². The third-order valence-corrected chi connectivity index (χ3v) is 8.30. The van der Waals surface area contributed by atoms with Gasteiger partial charge in [0.1, 0.15) is 34.8 Å². The largest absolute Gasteiger partial charge is 0.507 e. The fraction of sp³-hybridized carbons (Fsp3) is 0.250. The number of esters is 2. The molecule has 0 radical (unpaired) electrons. The second-order valence-corrected chi connectivity index (χ2v) is 10.3. The highest BCUT2D eigenvalue weighted by atomic mass is 16.6. The fourth-order valence-electron chi connectivity index (χ4n) is 7.10. The van der Waals surface area contributed by atoms with Crippen LogP contribution in [0.25, 0.3) is 21.5 Å². The highest BCUT2D eigenvalue weighted by Gasteiger charge is 2.67. The minimum absolute atomic E-state index is 0.00935. The van der Waals surface area contributed by atoms with Gasteiger partial charge in [0.15, 0.2) is 16.6 Å². The summed E-state index contributed by atoms with van der Waals surface area (Å²) in [6.07, 6.45) is -1.36. The first-order chi connectivity index (χ1) is 18.4. The molecule has 1 aromatic heterocycles. The van der Waals surface area contributed by atoms with E-state index in [1.807, 2.05) is 0 Å². The molecular formula is C28H18O11. The number of hydrogen-bond donors (Lipinski definition) is 3. The lowest BCUT2D eigenvalue weighted by Crippen LogP contribution is -2.55. The number of rotatable bonds is 1. The molecule has 3 aromatic carbocycles. The van der Waals surface area contributed by atoms with Crippen molar-refractivity contribution in [3.8, 4) is 17.6 Å². The van der Waals surface area contributed by atoms with Gasteiger partial charge in [-0.05, 0) is 53.6 Å². The molecule has 196 valence electrons. The Kier molecular flexibility index (Phi) is 4.12. The van der Waals surface area contributed by atoms with Gasteiger partial charge in [-0.3, -0.25) is 19.2 Å². The van der Waals surface area contributed by atoms with Crippen molar-refractivity contribution in [1.29, 1.82) is 0 Å². The first kappa shape index (κ1) is 23.2. The van der Waals surface area contributed by atoms with Crippen molar-refractivity contribution in [1.82, 2.24) is 0 Å². The topological polar surface area (TPSA) is 178 Å². The lowest BCUT2D eigenvalue weighted by Gasteiger charge is -2.44. The number of Topliss-reactive ketones (excluding diaryl/α,β-unsaturated/α-hetero) is 1. The van der Waals surface area contributed by atoms with Gasteiger partial charge < -0.3 is 29.2 Å². The number of benzene rings is 3. The Bertz CT molecular complexity index is 2020. The number of aromatic hydroxyl groups is 3. The number of carbonyl (C=O) groups excluding carboxylic acids is 3. The van der Waals surface area contributed by atoms with Gasteiger partial charge in [0.25, 0.3) is 11.9 Å². The van der Waals surface area contributed by atoms with Crippen LogP contribution >= 0.6 is 0 Å². The summed E-state index contributed by atoms with van der Waals surface area (Å²) in [5.74, 6) is -5.86. The van der Waals surface area contributed by atoms with Gasteiger partial charge in [-0.25, -0.2) is 4.79 Å². The normalized spacial score (nSPS) is 22.6. The summed E-state index contributed by atoms with van der Waals surface area (Å²) in [5.41, 5.74) is -2.78. The molecule has 0 unspecified atom stereocenters. The smallest absolute Gasteiger partial charge is 0.342 e. The van der Waals surface area contributed by atoms with Gasteiger partial charge in [-0.2, -0.15) is 0 Å². The summed E-state index contributed by atoms with van der Waals surface area (Å²) in [6.45, 7) is 3.77. The van der Waals surface area contributed by atoms with Crippen LogP contribution in [0.1, 0.15) is 61.4 Å². The first-order valence-corrected chi connectivity index (χ1v) is 12.0. The highest BCUT2D eigenvalue weighted by Crippen LogP contribution is 2.62. The minimum Gasteiger partial charge on any atom is -0.507 e. The predicted octanol–water partition coefficient (Wildman–Crippen LogP) is 2.16. The van der Waals surface area contributed by atoms with Gasteiger partial charge in [0, 0.05) is 23.4 Å². The second-order valence-electron chi connectivity index (χ2n) is 10.3. The molecule has 11 heteroatoms. The third kappa shape index (κ3) is 2.41. The fourth-order valence-corrected chi connectivity index (χ4v) is 7.10. The Morgan fingerprint density at radius 2 is 1.62 bits per heavy atom. The number of phenolic OH excluding ortho intramolecular Hbond substituents is 1. The molecule has 1 aliphatic heterocycles. The summed E-state index contributed by atoms with van der Waals surface area (Å²) >= 11 is 0. The van der Waals surface area contributed by atoms with Crippen LogP contribution in [0, 0.1) is 13.8 Å². The van der Waals surface area contributed by atoms with Crippen molar-refractivity contribution >= 4 is 39.3 Å². The SMILES string of the molecule is CC(=O)O[C@H]1[C@@H]2C(=O)c3c(C)cc(O)c4c3[C@@]1(COC4=O)c1c2c2c(C)cc(=O)c3c(O)oc(O)c(c1=O)c23. The van der Waals surface area contributed by atoms with E-state index in [0.29, 0.717) is 11.1 Å². The number of ether oxygens (including phenoxy) is 2. The van der Waals surface area contributed by atoms with Crippen molar-refractivity contribution in [2.75, 3.05) is 6.61 Å². The Morgan fingerprint density at radius 1 is 0.923 bits per heavy atom. The van der Waals surface area contributed by atoms with E-state index in [9.17, 15) is 39.3 Å². The maximum Gasteiger partial charge on any atom is 0.342 e. The molecule has 3 aliphatic rings. The van der Waals surface area contributed by atoms with E-state index in [1.165, 1.54) is 12.1 Å². The molecule has 2 bridgehead atoms. The van der Waals surface area contributed by atoms with Gasteiger partial charge >= 0.3 is 11.9 Å². The molecular weight excluding hydrogens is 512 g/mol. The summed E-state index contributed by atoms with van der Waals surface area (Å²) in [5, 5.41) is 31.3. The number of cyclic esters (lactones) is 1. The average molecular weight is 530 g/mol. The van der Waals surface area contributed by atoms with Gasteiger partial charge in [-0.1, -0.05) is 0 Å². The van der Waals surface area contributed by atoms with Crippen LogP contribution < -0.4 is 10.9 Å². The molecule has 4 aromatic rings. The molecule has 0 saturated heterocycles. The van der Waals surface area contributed by atoms with Crippen LogP contribution in [-0.4, -0.2) is 45.8 Å². The number of carbonyl (C=O) groups is 3. The molecule has 2 aliphatic carbocycles. The second kappa shape index (κ2) is 6.93. The van der Waals surface area contributed by atoms with Crippen LogP contribution in [0.4, 0.5) is 0 Å². The maximum atomic E-state index is 14.4. The third-order valence-electron chi connectivity index (χ3n) is 8.30. The van der Waals surface area contributed by atoms with E-state index < -0.39 is 75.7 Å². The summed E-state index contributed by atoms with van der Waals surface area (Å²) in [7, 11) is 0. The molecule has 2 heterocycles. The van der Waals surface area contributed by atoms with E-state index in [-0.39, 0.29) is 44.0 Å². The van der Waals surface area contributed by atoms with Gasteiger partial charge in [0.05, 0.1) is 11.3 Å². The zero-order chi connectivity index (χ0) is 27.9. The monoisotopic (exact) mass is 530 g/mol. The quantitative estimate of drug-likeness (QED) is 0.307. The number of aryl methyl sites for hydroxylation is 2. The molecule has 0 fully saturated rings. The summed E-state index contributed by atoms with van der Waals surface area (Å²) in [6, 6.07) is 2.46. The van der Waals surface area contributed by atoms with E-state index in [1.54, 1.807) is 13.8 Å². The van der Waals surface area contributed by atoms with Crippen molar-refractivity contribution < 1.29 is 43.6 Å². The number of phenols is 1. The number of ketones is 1. The molecule has 7 rings (SSSR count). The van der Waals surface area contributed by atoms with Crippen LogP contribution in [0.3, 0.4) is 0 Å². The van der Waals surface area contributed by atoms with E-state index in [0.717, 1.165) is 6.92 Å². The Balaban J connectivity index is 1.81. The molecule has 0 amide bonds. The Labute approximate surface area is 217 Å². The predicted molar refractivity (Wildman–Crippen MR) is 132 cm³/mol. The Morgan fingerprint density at radius 3 is 2.31 bits per heavy atom. The maximum absolute atomic E-state index is 14.4. The van der Waals surface area contributed by atoms with Crippen molar-refractivity contribution in [2.45, 2.75) is 38.2 Å². The summed E-state index contributed by atoms with van der Waals surface area (Å²) in [4.78, 5) is 66.9. The summed E-state index contributed by atoms with van der Waals surface area (Å²) < 4.78 is 16.2. The van der Waals surface area contributed by atoms with Crippen molar-refractivity contribution in [3.05, 3.63) is 71.5 Å². The highest BCUT2D eigenvalue weighted by molar-refractivity contribution is 6.20. The molecule has 11 nitrogen and oxygen atoms in total. The van der Waals surface area contributed by atoms with Crippen molar-refractivity contribution in [3.63, 3.8) is 0 Å². The number of fused-ring (bicyclic) bond motifs is 4. The molecule has 3 N–H and O–H groups in total. The minimum atomic E-state index is -1.73. The van der Waals surface area contributed by atoms with Crippen LogP contribution in [-0.2, 0) is 19.7 Å².